The molecule has 0 radical (unpaired) electrons. The Labute approximate surface area is 95.0 Å². The van der Waals surface area contributed by atoms with Crippen molar-refractivity contribution in [1.82, 2.24) is 0 Å². The van der Waals surface area contributed by atoms with Gasteiger partial charge in [-0.25, -0.2) is 4.39 Å². The second kappa shape index (κ2) is 3.23. The van der Waals surface area contributed by atoms with Crippen molar-refractivity contribution in [2.45, 2.75) is 0 Å². The van der Waals surface area contributed by atoms with Gasteiger partial charge in [-0.2, -0.15) is 0 Å². The molecule has 0 amide bonds. The fraction of sp³-hybridized carbons (Fsp3) is 0. The molecule has 62 valence electrons. The van der Waals surface area contributed by atoms with E-state index in [1.807, 2.05) is 6.07 Å². The van der Waals surface area contributed by atoms with Crippen molar-refractivity contribution in [2.24, 2.45) is 0 Å². The highest BCUT2D eigenvalue weighted by atomic mass is 127. The van der Waals surface area contributed by atoms with Crippen LogP contribution in [-0.2, 0) is 0 Å². The summed E-state index contributed by atoms with van der Waals surface area (Å²) in [6, 6.07) is 4.85. The Hall–Kier alpha value is 0.320. The zero-order valence-electron chi connectivity index (χ0n) is 5.77. The molecular formula is C8H3BrFIS. The van der Waals surface area contributed by atoms with Gasteiger partial charge < -0.3 is 0 Å². The van der Waals surface area contributed by atoms with Gasteiger partial charge in [0.25, 0.3) is 0 Å². The van der Waals surface area contributed by atoms with Gasteiger partial charge in [0.1, 0.15) is 5.82 Å². The van der Waals surface area contributed by atoms with Gasteiger partial charge in [-0.3, -0.25) is 0 Å². The number of benzene rings is 1. The maximum atomic E-state index is 12.8. The zero-order chi connectivity index (χ0) is 8.72. The van der Waals surface area contributed by atoms with Crippen molar-refractivity contribution in [3.05, 3.63) is 31.4 Å². The molecule has 0 saturated carbocycles. The predicted octanol–water partition coefficient (Wildman–Crippen LogP) is 4.41. The van der Waals surface area contributed by atoms with E-state index in [9.17, 15) is 4.39 Å². The normalized spacial score (nSPS) is 10.9. The Balaban J connectivity index is 2.88. The molecule has 12 heavy (non-hydrogen) atoms. The Bertz CT molecular complexity index is 438. The SMILES string of the molecule is Fc1ccc2sc(I)c(Br)c2c1. The number of hydrogen-bond acceptors (Lipinski definition) is 1. The van der Waals surface area contributed by atoms with E-state index in [0.717, 1.165) is 17.4 Å². The highest BCUT2D eigenvalue weighted by molar-refractivity contribution is 14.1. The van der Waals surface area contributed by atoms with E-state index in [2.05, 4.69) is 38.5 Å². The molecule has 0 saturated heterocycles. The Morgan fingerprint density at radius 3 is 2.92 bits per heavy atom. The first kappa shape index (κ1) is 8.90. The van der Waals surface area contributed by atoms with Crippen LogP contribution in [0.2, 0.25) is 0 Å². The monoisotopic (exact) mass is 356 g/mol. The van der Waals surface area contributed by atoms with Gasteiger partial charge >= 0.3 is 0 Å². The number of fused-ring (bicyclic) bond motifs is 1. The summed E-state index contributed by atoms with van der Waals surface area (Å²) in [5, 5.41) is 0.962. The fourth-order valence-corrected chi connectivity index (χ4v) is 3.51. The standard InChI is InChI=1S/C8H3BrFIS/c9-7-5-3-4(10)1-2-6(5)12-8(7)11/h1-3H. The predicted molar refractivity (Wildman–Crippen MR) is 62.2 cm³/mol. The summed E-state index contributed by atoms with van der Waals surface area (Å²) in [6.45, 7) is 0. The highest BCUT2D eigenvalue weighted by Crippen LogP contribution is 2.36. The van der Waals surface area contributed by atoms with Gasteiger partial charge in [0.2, 0.25) is 0 Å². The molecule has 0 aliphatic rings. The minimum Gasteiger partial charge on any atom is -0.207 e. The van der Waals surface area contributed by atoms with Crippen molar-refractivity contribution < 1.29 is 4.39 Å². The first-order chi connectivity index (χ1) is 5.68. The van der Waals surface area contributed by atoms with Crippen LogP contribution >= 0.6 is 49.9 Å². The lowest BCUT2D eigenvalue weighted by molar-refractivity contribution is 0.630. The van der Waals surface area contributed by atoms with Crippen LogP contribution in [0.5, 0.6) is 0 Å². The van der Waals surface area contributed by atoms with Crippen LogP contribution < -0.4 is 0 Å². The van der Waals surface area contributed by atoms with E-state index >= 15 is 0 Å². The lowest BCUT2D eigenvalue weighted by Gasteiger charge is -1.89. The maximum Gasteiger partial charge on any atom is 0.123 e. The third kappa shape index (κ3) is 1.40. The molecule has 2 aromatic rings. The first-order valence-corrected chi connectivity index (χ1v) is 5.90. The van der Waals surface area contributed by atoms with Gasteiger partial charge in [0.05, 0.1) is 2.88 Å². The summed E-state index contributed by atoms with van der Waals surface area (Å²) < 4.78 is 16.1. The second-order valence-corrected chi connectivity index (χ2v) is 5.99. The number of thiophene rings is 1. The molecule has 0 aliphatic carbocycles. The third-order valence-electron chi connectivity index (χ3n) is 1.55. The second-order valence-electron chi connectivity index (χ2n) is 2.33. The Morgan fingerprint density at radius 2 is 2.17 bits per heavy atom. The summed E-state index contributed by atoms with van der Waals surface area (Å²) in [5.41, 5.74) is 0. The van der Waals surface area contributed by atoms with Crippen molar-refractivity contribution in [2.75, 3.05) is 0 Å². The Kier molecular flexibility index (Phi) is 2.39. The summed E-state index contributed by atoms with van der Waals surface area (Å²) in [7, 11) is 0. The minimum absolute atomic E-state index is 0.183. The molecule has 0 aliphatic heterocycles. The highest BCUT2D eigenvalue weighted by Gasteiger charge is 2.07. The molecule has 0 fully saturated rings. The quantitative estimate of drug-likeness (QED) is 0.613. The molecule has 0 spiro atoms. The van der Waals surface area contributed by atoms with Crippen LogP contribution in [0.4, 0.5) is 4.39 Å². The topological polar surface area (TPSA) is 0 Å². The maximum absolute atomic E-state index is 12.8. The summed E-state index contributed by atoms with van der Waals surface area (Å²) in [5.74, 6) is -0.183. The van der Waals surface area contributed by atoms with Gasteiger partial charge in [-0.05, 0) is 56.7 Å². The number of hydrogen-bond donors (Lipinski definition) is 0. The molecule has 2 rings (SSSR count). The van der Waals surface area contributed by atoms with E-state index in [-0.39, 0.29) is 5.82 Å². The van der Waals surface area contributed by atoms with Crippen LogP contribution in [0.25, 0.3) is 10.1 Å². The number of halogens is 3. The van der Waals surface area contributed by atoms with Crippen LogP contribution in [0.15, 0.2) is 22.7 Å². The van der Waals surface area contributed by atoms with E-state index in [0.29, 0.717) is 0 Å². The van der Waals surface area contributed by atoms with Crippen molar-refractivity contribution in [1.29, 1.82) is 0 Å². The average molecular weight is 357 g/mol. The average Bonchev–Trinajstić information content (AvgIpc) is 2.31. The summed E-state index contributed by atoms with van der Waals surface area (Å²) in [4.78, 5) is 0. The molecule has 1 heterocycles. The summed E-state index contributed by atoms with van der Waals surface area (Å²) >= 11 is 7.32. The van der Waals surface area contributed by atoms with Crippen molar-refractivity contribution in [3.63, 3.8) is 0 Å². The van der Waals surface area contributed by atoms with Gasteiger partial charge in [0.15, 0.2) is 0 Å². The molecule has 0 atom stereocenters. The van der Waals surface area contributed by atoms with Crippen LogP contribution in [0, 0.1) is 8.70 Å². The van der Waals surface area contributed by atoms with Gasteiger partial charge in [0, 0.05) is 14.6 Å². The van der Waals surface area contributed by atoms with Gasteiger partial charge in [-0.1, -0.05) is 0 Å². The number of rotatable bonds is 0. The largest absolute Gasteiger partial charge is 0.207 e. The molecule has 0 nitrogen and oxygen atoms in total. The van der Waals surface area contributed by atoms with Crippen LogP contribution in [0.1, 0.15) is 0 Å². The zero-order valence-corrected chi connectivity index (χ0v) is 10.3. The van der Waals surface area contributed by atoms with Crippen molar-refractivity contribution >= 4 is 59.9 Å². The van der Waals surface area contributed by atoms with E-state index in [4.69, 9.17) is 0 Å². The third-order valence-corrected chi connectivity index (χ3v) is 5.54. The van der Waals surface area contributed by atoms with E-state index in [1.54, 1.807) is 17.4 Å². The minimum atomic E-state index is -0.183. The molecule has 0 bridgehead atoms. The smallest absolute Gasteiger partial charge is 0.123 e. The molecule has 0 unspecified atom stereocenters. The van der Waals surface area contributed by atoms with Crippen molar-refractivity contribution in [3.8, 4) is 0 Å². The van der Waals surface area contributed by atoms with Crippen LogP contribution in [0.3, 0.4) is 0 Å². The summed E-state index contributed by atoms with van der Waals surface area (Å²) in [6.07, 6.45) is 0. The first-order valence-electron chi connectivity index (χ1n) is 3.21. The fourth-order valence-electron chi connectivity index (χ4n) is 1.01. The molecule has 1 aromatic carbocycles. The Morgan fingerprint density at radius 1 is 1.42 bits per heavy atom. The lowest BCUT2D eigenvalue weighted by atomic mass is 10.3. The molecule has 1 aromatic heterocycles. The molecule has 4 heteroatoms. The lowest BCUT2D eigenvalue weighted by Crippen LogP contribution is -1.70. The molecule has 0 N–H and O–H groups in total. The van der Waals surface area contributed by atoms with E-state index in [1.165, 1.54) is 6.07 Å². The van der Waals surface area contributed by atoms with Gasteiger partial charge in [-0.15, -0.1) is 11.3 Å². The van der Waals surface area contributed by atoms with Crippen LogP contribution in [-0.4, -0.2) is 0 Å². The van der Waals surface area contributed by atoms with E-state index < -0.39 is 0 Å². The molecular weight excluding hydrogens is 354 g/mol.